The van der Waals surface area contributed by atoms with Crippen LogP contribution in [-0.2, 0) is 10.2 Å². The molecular weight excluding hydrogens is 174 g/mol. The molecule has 0 unspecified atom stereocenters. The number of carbonyl (C=O) groups is 1. The monoisotopic (exact) mass is 189 g/mol. The van der Waals surface area contributed by atoms with E-state index in [9.17, 15) is 4.79 Å². The third-order valence-electron chi connectivity index (χ3n) is 3.00. The van der Waals surface area contributed by atoms with Crippen molar-refractivity contribution in [1.29, 1.82) is 0 Å². The molecule has 2 rings (SSSR count). The van der Waals surface area contributed by atoms with Crippen molar-refractivity contribution in [2.24, 2.45) is 0 Å². The van der Waals surface area contributed by atoms with Crippen LogP contribution in [0.3, 0.4) is 0 Å². The molecule has 0 atom stereocenters. The standard InChI is InChI=1S/C12H15NO/c1-10(14)13-8-12(2,9-13)11-6-4-3-5-7-11/h3-7H,8-9H2,1-2H3. The van der Waals surface area contributed by atoms with Gasteiger partial charge in [-0.15, -0.1) is 0 Å². The molecule has 1 aromatic rings. The minimum absolute atomic E-state index is 0.174. The van der Waals surface area contributed by atoms with Crippen LogP contribution < -0.4 is 0 Å². The first-order chi connectivity index (χ1) is 6.62. The number of rotatable bonds is 1. The van der Waals surface area contributed by atoms with Gasteiger partial charge in [-0.2, -0.15) is 0 Å². The van der Waals surface area contributed by atoms with Crippen LogP contribution in [0.15, 0.2) is 30.3 Å². The van der Waals surface area contributed by atoms with Crippen LogP contribution in [0.25, 0.3) is 0 Å². The normalized spacial score (nSPS) is 18.9. The number of nitrogens with zero attached hydrogens (tertiary/aromatic N) is 1. The third kappa shape index (κ3) is 1.41. The van der Waals surface area contributed by atoms with Crippen LogP contribution >= 0.6 is 0 Å². The van der Waals surface area contributed by atoms with Crippen molar-refractivity contribution in [2.45, 2.75) is 19.3 Å². The van der Waals surface area contributed by atoms with E-state index in [-0.39, 0.29) is 11.3 Å². The van der Waals surface area contributed by atoms with Crippen LogP contribution in [0.2, 0.25) is 0 Å². The van der Waals surface area contributed by atoms with Gasteiger partial charge in [0.05, 0.1) is 0 Å². The van der Waals surface area contributed by atoms with Gasteiger partial charge in [0.25, 0.3) is 0 Å². The lowest BCUT2D eigenvalue weighted by Gasteiger charge is -2.48. The predicted octanol–water partition coefficient (Wildman–Crippen LogP) is 1.81. The molecule has 1 saturated heterocycles. The minimum atomic E-state index is 0.174. The highest BCUT2D eigenvalue weighted by atomic mass is 16.2. The number of amides is 1. The summed E-state index contributed by atoms with van der Waals surface area (Å²) in [6.07, 6.45) is 0. The molecule has 1 heterocycles. The molecule has 1 aliphatic rings. The Balaban J connectivity index is 2.12. The quantitative estimate of drug-likeness (QED) is 0.659. The maximum absolute atomic E-state index is 11.1. The van der Waals surface area contributed by atoms with E-state index >= 15 is 0 Å². The Morgan fingerprint density at radius 2 is 1.86 bits per heavy atom. The van der Waals surface area contributed by atoms with Gasteiger partial charge >= 0.3 is 0 Å². The number of carbonyl (C=O) groups excluding carboxylic acids is 1. The molecule has 0 aliphatic carbocycles. The van der Waals surface area contributed by atoms with E-state index in [0.29, 0.717) is 0 Å². The number of benzene rings is 1. The molecule has 2 nitrogen and oxygen atoms in total. The van der Waals surface area contributed by atoms with E-state index in [2.05, 4.69) is 31.2 Å². The Labute approximate surface area is 84.5 Å². The Morgan fingerprint density at radius 1 is 1.29 bits per heavy atom. The fraction of sp³-hybridized carbons (Fsp3) is 0.417. The zero-order valence-corrected chi connectivity index (χ0v) is 8.66. The van der Waals surface area contributed by atoms with Crippen molar-refractivity contribution in [3.8, 4) is 0 Å². The lowest BCUT2D eigenvalue weighted by atomic mass is 9.75. The predicted molar refractivity (Wildman–Crippen MR) is 56.0 cm³/mol. The smallest absolute Gasteiger partial charge is 0.219 e. The molecule has 0 N–H and O–H groups in total. The van der Waals surface area contributed by atoms with E-state index in [1.165, 1.54) is 5.56 Å². The summed E-state index contributed by atoms with van der Waals surface area (Å²) in [6.45, 7) is 5.55. The average Bonchev–Trinajstić information content (AvgIpc) is 2.14. The summed E-state index contributed by atoms with van der Waals surface area (Å²) >= 11 is 0. The van der Waals surface area contributed by atoms with Gasteiger partial charge in [-0.25, -0.2) is 0 Å². The molecule has 0 bridgehead atoms. The van der Waals surface area contributed by atoms with Crippen LogP contribution in [0, 0.1) is 0 Å². The highest BCUT2D eigenvalue weighted by Gasteiger charge is 2.41. The zero-order chi connectivity index (χ0) is 10.2. The molecule has 74 valence electrons. The van der Waals surface area contributed by atoms with Crippen molar-refractivity contribution >= 4 is 5.91 Å². The molecule has 0 radical (unpaired) electrons. The van der Waals surface area contributed by atoms with Gasteiger partial charge in [-0.05, 0) is 5.56 Å². The van der Waals surface area contributed by atoms with Gasteiger partial charge in [0.15, 0.2) is 0 Å². The van der Waals surface area contributed by atoms with E-state index in [4.69, 9.17) is 0 Å². The Hall–Kier alpha value is -1.31. The van der Waals surface area contributed by atoms with Gasteiger partial charge in [-0.1, -0.05) is 37.3 Å². The van der Waals surface area contributed by atoms with E-state index in [1.807, 2.05) is 11.0 Å². The first kappa shape index (κ1) is 9.25. The third-order valence-corrected chi connectivity index (χ3v) is 3.00. The number of hydrogen-bond acceptors (Lipinski definition) is 1. The first-order valence-corrected chi connectivity index (χ1v) is 4.93. The Bertz CT molecular complexity index is 339. The molecule has 0 saturated carbocycles. The molecule has 14 heavy (non-hydrogen) atoms. The van der Waals surface area contributed by atoms with E-state index < -0.39 is 0 Å². The highest BCUT2D eigenvalue weighted by Crippen LogP contribution is 2.33. The van der Waals surface area contributed by atoms with Crippen molar-refractivity contribution in [2.75, 3.05) is 13.1 Å². The Kier molecular flexibility index (Phi) is 2.06. The molecule has 1 aromatic carbocycles. The second-order valence-corrected chi connectivity index (χ2v) is 4.30. The topological polar surface area (TPSA) is 20.3 Å². The molecular formula is C12H15NO. The zero-order valence-electron chi connectivity index (χ0n) is 8.66. The van der Waals surface area contributed by atoms with Crippen LogP contribution in [0.4, 0.5) is 0 Å². The summed E-state index contributed by atoms with van der Waals surface area (Å²) in [5.41, 5.74) is 1.50. The molecule has 2 heteroatoms. The Morgan fingerprint density at radius 3 is 2.36 bits per heavy atom. The summed E-state index contributed by atoms with van der Waals surface area (Å²) in [5, 5.41) is 0. The van der Waals surface area contributed by atoms with Crippen LogP contribution in [0.1, 0.15) is 19.4 Å². The molecule has 1 amide bonds. The van der Waals surface area contributed by atoms with Gasteiger partial charge < -0.3 is 4.90 Å². The van der Waals surface area contributed by atoms with Gasteiger partial charge in [-0.3, -0.25) is 4.79 Å². The molecule has 1 aliphatic heterocycles. The number of likely N-dealkylation sites (tertiary alicyclic amines) is 1. The van der Waals surface area contributed by atoms with E-state index in [1.54, 1.807) is 6.92 Å². The molecule has 0 spiro atoms. The van der Waals surface area contributed by atoms with Gasteiger partial charge in [0.2, 0.25) is 5.91 Å². The number of hydrogen-bond donors (Lipinski definition) is 0. The summed E-state index contributed by atoms with van der Waals surface area (Å²) in [6, 6.07) is 10.4. The average molecular weight is 189 g/mol. The van der Waals surface area contributed by atoms with E-state index in [0.717, 1.165) is 13.1 Å². The second kappa shape index (κ2) is 3.12. The molecule has 1 fully saturated rings. The lowest BCUT2D eigenvalue weighted by molar-refractivity contribution is -0.136. The second-order valence-electron chi connectivity index (χ2n) is 4.30. The van der Waals surface area contributed by atoms with Crippen molar-refractivity contribution < 1.29 is 4.79 Å². The van der Waals surface area contributed by atoms with Crippen LogP contribution in [0.5, 0.6) is 0 Å². The SMILES string of the molecule is CC(=O)N1CC(C)(c2ccccc2)C1. The summed E-state index contributed by atoms with van der Waals surface area (Å²) in [4.78, 5) is 13.0. The largest absolute Gasteiger partial charge is 0.341 e. The van der Waals surface area contributed by atoms with Gasteiger partial charge in [0.1, 0.15) is 0 Å². The maximum Gasteiger partial charge on any atom is 0.219 e. The molecule has 0 aromatic heterocycles. The van der Waals surface area contributed by atoms with Gasteiger partial charge in [0, 0.05) is 25.4 Å². The van der Waals surface area contributed by atoms with Crippen LogP contribution in [-0.4, -0.2) is 23.9 Å². The maximum atomic E-state index is 11.1. The van der Waals surface area contributed by atoms with Crippen molar-refractivity contribution in [1.82, 2.24) is 4.90 Å². The fourth-order valence-corrected chi connectivity index (χ4v) is 2.04. The lowest BCUT2D eigenvalue weighted by Crippen LogP contribution is -2.59. The fourth-order valence-electron chi connectivity index (χ4n) is 2.04. The van der Waals surface area contributed by atoms with Crippen molar-refractivity contribution in [3.63, 3.8) is 0 Å². The summed E-state index contributed by atoms with van der Waals surface area (Å²) in [5.74, 6) is 0.179. The summed E-state index contributed by atoms with van der Waals surface area (Å²) in [7, 11) is 0. The first-order valence-electron chi connectivity index (χ1n) is 4.93. The summed E-state index contributed by atoms with van der Waals surface area (Å²) < 4.78 is 0. The van der Waals surface area contributed by atoms with Crippen molar-refractivity contribution in [3.05, 3.63) is 35.9 Å². The highest BCUT2D eigenvalue weighted by molar-refractivity contribution is 5.74. The minimum Gasteiger partial charge on any atom is -0.341 e.